The normalized spacial score (nSPS) is 10.6. The predicted molar refractivity (Wildman–Crippen MR) is 67.7 cm³/mol. The maximum atomic E-state index is 13.3. The van der Waals surface area contributed by atoms with E-state index in [1.165, 1.54) is 12.1 Å². The number of halogens is 3. The van der Waals surface area contributed by atoms with Crippen molar-refractivity contribution in [2.24, 2.45) is 0 Å². The highest BCUT2D eigenvalue weighted by molar-refractivity contribution is 6.35. The van der Waals surface area contributed by atoms with Crippen molar-refractivity contribution in [3.8, 4) is 5.69 Å². The van der Waals surface area contributed by atoms with Crippen LogP contribution in [-0.2, 0) is 0 Å². The number of imidazole rings is 1. The Kier molecular flexibility index (Phi) is 3.54. The summed E-state index contributed by atoms with van der Waals surface area (Å²) in [6.45, 7) is 2.70. The summed E-state index contributed by atoms with van der Waals surface area (Å²) in [6, 6.07) is 3.01. The van der Waals surface area contributed by atoms with Gasteiger partial charge in [-0.1, -0.05) is 23.2 Å². The summed E-state index contributed by atoms with van der Waals surface area (Å²) in [7, 11) is 0. The van der Waals surface area contributed by atoms with Crippen LogP contribution in [0.1, 0.15) is 6.92 Å². The van der Waals surface area contributed by atoms with E-state index in [9.17, 15) is 4.39 Å². The van der Waals surface area contributed by atoms with Gasteiger partial charge in [-0.25, -0.2) is 9.37 Å². The Labute approximate surface area is 108 Å². The number of hydrogen-bond acceptors (Lipinski definition) is 2. The first kappa shape index (κ1) is 12.2. The van der Waals surface area contributed by atoms with Crippen molar-refractivity contribution in [3.63, 3.8) is 0 Å². The molecule has 3 nitrogen and oxygen atoms in total. The molecule has 0 fully saturated rings. The van der Waals surface area contributed by atoms with Gasteiger partial charge in [0.25, 0.3) is 0 Å². The molecule has 2 rings (SSSR count). The third kappa shape index (κ3) is 2.37. The zero-order valence-corrected chi connectivity index (χ0v) is 10.6. The quantitative estimate of drug-likeness (QED) is 0.864. The molecular formula is C11H10Cl2FN3. The van der Waals surface area contributed by atoms with E-state index in [4.69, 9.17) is 23.2 Å². The predicted octanol–water partition coefficient (Wildman–Crippen LogP) is 3.75. The highest BCUT2D eigenvalue weighted by Gasteiger charge is 2.10. The van der Waals surface area contributed by atoms with Gasteiger partial charge in [-0.15, -0.1) is 0 Å². The average Bonchev–Trinajstić information content (AvgIpc) is 2.74. The van der Waals surface area contributed by atoms with E-state index < -0.39 is 5.82 Å². The van der Waals surface area contributed by atoms with Gasteiger partial charge in [0.1, 0.15) is 0 Å². The molecule has 6 heteroatoms. The van der Waals surface area contributed by atoms with Crippen molar-refractivity contribution in [2.75, 3.05) is 11.9 Å². The second-order valence-corrected chi connectivity index (χ2v) is 4.19. The standard InChI is InChI=1S/C11H10Cl2FN3/c1-2-15-11-16-3-4-17(11)7-5-8(12)10(14)9(13)6-7/h3-6H,2H2,1H3,(H,15,16). The maximum absolute atomic E-state index is 13.3. The van der Waals surface area contributed by atoms with Gasteiger partial charge >= 0.3 is 0 Å². The first-order valence-corrected chi connectivity index (χ1v) is 5.81. The molecule has 0 unspecified atom stereocenters. The largest absolute Gasteiger partial charge is 0.356 e. The summed E-state index contributed by atoms with van der Waals surface area (Å²) < 4.78 is 15.0. The van der Waals surface area contributed by atoms with Gasteiger partial charge in [0.2, 0.25) is 5.95 Å². The Morgan fingerprint density at radius 2 is 2.00 bits per heavy atom. The number of nitrogens with zero attached hydrogens (tertiary/aromatic N) is 2. The van der Waals surface area contributed by atoms with Crippen LogP contribution >= 0.6 is 23.2 Å². The van der Waals surface area contributed by atoms with Crippen molar-refractivity contribution in [3.05, 3.63) is 40.4 Å². The minimum absolute atomic E-state index is 0.0105. The zero-order valence-electron chi connectivity index (χ0n) is 9.04. The number of nitrogens with one attached hydrogen (secondary N) is 1. The molecule has 1 heterocycles. The lowest BCUT2D eigenvalue weighted by Gasteiger charge is -2.09. The van der Waals surface area contributed by atoms with Crippen molar-refractivity contribution >= 4 is 29.2 Å². The van der Waals surface area contributed by atoms with Crippen LogP contribution < -0.4 is 5.32 Å². The maximum Gasteiger partial charge on any atom is 0.207 e. The van der Waals surface area contributed by atoms with Gasteiger partial charge in [0, 0.05) is 18.9 Å². The molecule has 1 aromatic heterocycles. The molecular weight excluding hydrogens is 264 g/mol. The van der Waals surface area contributed by atoms with E-state index >= 15 is 0 Å². The number of hydrogen-bond donors (Lipinski definition) is 1. The summed E-state index contributed by atoms with van der Waals surface area (Å²) in [6.07, 6.45) is 3.39. The van der Waals surface area contributed by atoms with Gasteiger partial charge in [-0.2, -0.15) is 0 Å². The molecule has 1 aromatic carbocycles. The second kappa shape index (κ2) is 4.94. The Bertz CT molecular complexity index is 516. The van der Waals surface area contributed by atoms with Crippen LogP contribution in [0.4, 0.5) is 10.3 Å². The van der Waals surface area contributed by atoms with E-state index in [0.29, 0.717) is 11.6 Å². The molecule has 0 radical (unpaired) electrons. The molecule has 1 N–H and O–H groups in total. The number of anilines is 1. The summed E-state index contributed by atoms with van der Waals surface area (Å²) in [4.78, 5) is 4.14. The van der Waals surface area contributed by atoms with Crippen LogP contribution in [0.5, 0.6) is 0 Å². The fourth-order valence-corrected chi connectivity index (χ4v) is 1.96. The van der Waals surface area contributed by atoms with Crippen LogP contribution in [0.2, 0.25) is 10.0 Å². The smallest absolute Gasteiger partial charge is 0.207 e. The monoisotopic (exact) mass is 273 g/mol. The van der Waals surface area contributed by atoms with Crippen LogP contribution in [0.3, 0.4) is 0 Å². The van der Waals surface area contributed by atoms with Gasteiger partial charge in [-0.05, 0) is 19.1 Å². The van der Waals surface area contributed by atoms with Crippen LogP contribution in [0, 0.1) is 5.82 Å². The van der Waals surface area contributed by atoms with Crippen LogP contribution in [-0.4, -0.2) is 16.1 Å². The Morgan fingerprint density at radius 1 is 1.35 bits per heavy atom. The fourth-order valence-electron chi connectivity index (χ4n) is 1.48. The topological polar surface area (TPSA) is 29.9 Å². The molecule has 0 saturated heterocycles. The van der Waals surface area contributed by atoms with Gasteiger partial charge < -0.3 is 5.32 Å². The molecule has 0 aliphatic heterocycles. The minimum atomic E-state index is -0.609. The van der Waals surface area contributed by atoms with Gasteiger partial charge in [0.15, 0.2) is 5.82 Å². The third-order valence-corrected chi connectivity index (χ3v) is 2.77. The SMILES string of the molecule is CCNc1nccn1-c1cc(Cl)c(F)c(Cl)c1. The van der Waals surface area contributed by atoms with Crippen molar-refractivity contribution in [2.45, 2.75) is 6.92 Å². The van der Waals surface area contributed by atoms with E-state index in [2.05, 4.69) is 10.3 Å². The van der Waals surface area contributed by atoms with E-state index in [-0.39, 0.29) is 10.0 Å². The fraction of sp³-hybridized carbons (Fsp3) is 0.182. The van der Waals surface area contributed by atoms with E-state index in [1.54, 1.807) is 17.0 Å². The van der Waals surface area contributed by atoms with Crippen molar-refractivity contribution in [1.29, 1.82) is 0 Å². The zero-order chi connectivity index (χ0) is 12.4. The molecule has 0 aliphatic carbocycles. The first-order chi connectivity index (χ1) is 8.13. The molecule has 0 amide bonds. The summed E-state index contributed by atoms with van der Waals surface area (Å²) >= 11 is 11.5. The van der Waals surface area contributed by atoms with Crippen LogP contribution in [0.25, 0.3) is 5.69 Å². The van der Waals surface area contributed by atoms with E-state index in [0.717, 1.165) is 6.54 Å². The Morgan fingerprint density at radius 3 is 2.59 bits per heavy atom. The minimum Gasteiger partial charge on any atom is -0.356 e. The van der Waals surface area contributed by atoms with Crippen molar-refractivity contribution in [1.82, 2.24) is 9.55 Å². The molecule has 17 heavy (non-hydrogen) atoms. The Balaban J connectivity index is 2.49. The average molecular weight is 274 g/mol. The summed E-state index contributed by atoms with van der Waals surface area (Å²) in [5.74, 6) is 0.0495. The molecule has 2 aromatic rings. The lowest BCUT2D eigenvalue weighted by molar-refractivity contribution is 0.628. The highest BCUT2D eigenvalue weighted by atomic mass is 35.5. The number of aromatic nitrogens is 2. The molecule has 0 spiro atoms. The second-order valence-electron chi connectivity index (χ2n) is 3.37. The van der Waals surface area contributed by atoms with Crippen molar-refractivity contribution < 1.29 is 4.39 Å². The highest BCUT2D eigenvalue weighted by Crippen LogP contribution is 2.27. The van der Waals surface area contributed by atoms with Gasteiger partial charge in [0.05, 0.1) is 15.7 Å². The molecule has 0 atom stereocenters. The molecule has 0 aliphatic rings. The Hall–Kier alpha value is -1.26. The lowest BCUT2D eigenvalue weighted by atomic mass is 10.3. The first-order valence-electron chi connectivity index (χ1n) is 5.05. The molecule has 90 valence electrons. The summed E-state index contributed by atoms with van der Waals surface area (Å²) in [5, 5.41) is 3.06. The molecule has 0 saturated carbocycles. The third-order valence-electron chi connectivity index (χ3n) is 2.22. The van der Waals surface area contributed by atoms with Gasteiger partial charge in [-0.3, -0.25) is 4.57 Å². The van der Waals surface area contributed by atoms with E-state index in [1.807, 2.05) is 6.92 Å². The molecule has 0 bridgehead atoms. The van der Waals surface area contributed by atoms with Crippen LogP contribution in [0.15, 0.2) is 24.5 Å². The number of benzene rings is 1. The summed E-state index contributed by atoms with van der Waals surface area (Å²) in [5.41, 5.74) is 0.662. The number of rotatable bonds is 3. The lowest BCUT2D eigenvalue weighted by Crippen LogP contribution is -2.05.